The van der Waals surface area contributed by atoms with E-state index in [1.165, 1.54) is 7.11 Å². The summed E-state index contributed by atoms with van der Waals surface area (Å²) in [4.78, 5) is 25.8. The first-order valence-electron chi connectivity index (χ1n) is 12.0. The number of esters is 1. The van der Waals surface area contributed by atoms with Gasteiger partial charge in [-0.3, -0.25) is 0 Å². The molecule has 7 heteroatoms. The van der Waals surface area contributed by atoms with Crippen LogP contribution in [0.4, 0.5) is 4.79 Å². The van der Waals surface area contributed by atoms with Crippen molar-refractivity contribution in [2.45, 2.75) is 45.5 Å². The summed E-state index contributed by atoms with van der Waals surface area (Å²) in [7, 11) is 1.38. The molecule has 1 aliphatic carbocycles. The van der Waals surface area contributed by atoms with E-state index >= 15 is 0 Å². The summed E-state index contributed by atoms with van der Waals surface area (Å²) >= 11 is 0. The van der Waals surface area contributed by atoms with Crippen molar-refractivity contribution in [1.29, 1.82) is 0 Å². The summed E-state index contributed by atoms with van der Waals surface area (Å²) in [5.74, 6) is 0.731. The average molecular weight is 466 g/mol. The van der Waals surface area contributed by atoms with Gasteiger partial charge in [0.1, 0.15) is 5.75 Å². The highest BCUT2D eigenvalue weighted by Crippen LogP contribution is 2.45. The average Bonchev–Trinajstić information content (AvgIpc) is 3.63. The zero-order valence-corrected chi connectivity index (χ0v) is 19.7. The predicted octanol–water partition coefficient (Wildman–Crippen LogP) is 5.02. The fraction of sp³-hybridized carbons (Fsp3) is 0.481. The molecule has 1 amide bonds. The maximum absolute atomic E-state index is 12.4. The van der Waals surface area contributed by atoms with Crippen LogP contribution >= 0.6 is 0 Å². The van der Waals surface area contributed by atoms with Crippen molar-refractivity contribution in [2.75, 3.05) is 26.8 Å². The van der Waals surface area contributed by atoms with E-state index < -0.39 is 0 Å². The molecular weight excluding hydrogens is 434 g/mol. The number of fused-ring (bicyclic) bond motifs is 1. The summed E-state index contributed by atoms with van der Waals surface area (Å²) in [5.41, 5.74) is 3.77. The first-order chi connectivity index (χ1) is 16.4. The van der Waals surface area contributed by atoms with Crippen molar-refractivity contribution in [2.24, 2.45) is 11.3 Å². The molecule has 3 aliphatic rings. The monoisotopic (exact) mass is 465 g/mol. The van der Waals surface area contributed by atoms with Crippen LogP contribution in [0, 0.1) is 11.3 Å². The molecule has 2 aromatic rings. The minimum Gasteiger partial charge on any atom is -0.465 e. The smallest absolute Gasteiger partial charge is 0.409 e. The molecule has 0 radical (unpaired) electrons. The Morgan fingerprint density at radius 2 is 1.76 bits per heavy atom. The zero-order valence-electron chi connectivity index (χ0n) is 19.7. The Bertz CT molecular complexity index is 1050. The van der Waals surface area contributed by atoms with Crippen LogP contribution in [0.15, 0.2) is 42.5 Å². The van der Waals surface area contributed by atoms with Gasteiger partial charge in [-0.2, -0.15) is 0 Å². The first-order valence-corrected chi connectivity index (χ1v) is 12.0. The molecule has 1 atom stereocenters. The van der Waals surface area contributed by atoms with E-state index in [0.717, 1.165) is 48.1 Å². The van der Waals surface area contributed by atoms with E-state index in [9.17, 15) is 9.59 Å². The molecule has 34 heavy (non-hydrogen) atoms. The lowest BCUT2D eigenvalue weighted by Crippen LogP contribution is -2.44. The molecule has 0 spiro atoms. The quantitative estimate of drug-likeness (QED) is 0.577. The molecule has 2 aliphatic heterocycles. The molecule has 0 N–H and O–H groups in total. The number of rotatable bonds is 5. The lowest BCUT2D eigenvalue weighted by Gasteiger charge is -2.37. The third-order valence-corrected chi connectivity index (χ3v) is 7.18. The van der Waals surface area contributed by atoms with Crippen LogP contribution in [0.2, 0.25) is 0 Å². The highest BCUT2D eigenvalue weighted by atomic mass is 16.7. The van der Waals surface area contributed by atoms with Gasteiger partial charge >= 0.3 is 12.1 Å². The van der Waals surface area contributed by atoms with Crippen molar-refractivity contribution in [3.05, 3.63) is 53.6 Å². The van der Waals surface area contributed by atoms with Crippen molar-refractivity contribution in [3.8, 4) is 16.9 Å². The van der Waals surface area contributed by atoms with Crippen LogP contribution in [0.5, 0.6) is 5.75 Å². The molecule has 2 aromatic carbocycles. The molecule has 2 fully saturated rings. The van der Waals surface area contributed by atoms with Crippen LogP contribution in [0.25, 0.3) is 11.1 Å². The maximum atomic E-state index is 12.4. The molecular formula is C27H31NO6. The highest BCUT2D eigenvalue weighted by molar-refractivity contribution is 5.90. The highest BCUT2D eigenvalue weighted by Gasteiger charge is 2.39. The van der Waals surface area contributed by atoms with Crippen molar-refractivity contribution in [3.63, 3.8) is 0 Å². The third-order valence-electron chi connectivity index (χ3n) is 7.18. The fourth-order valence-electron chi connectivity index (χ4n) is 4.51. The lowest BCUT2D eigenvalue weighted by molar-refractivity contribution is -0.148. The van der Waals surface area contributed by atoms with Gasteiger partial charge in [-0.15, -0.1) is 0 Å². The molecule has 0 bridgehead atoms. The number of hydrogen-bond acceptors (Lipinski definition) is 6. The van der Waals surface area contributed by atoms with E-state index in [1.54, 1.807) is 17.0 Å². The number of amides is 1. The van der Waals surface area contributed by atoms with E-state index in [-0.39, 0.29) is 29.7 Å². The molecule has 180 valence electrons. The number of likely N-dealkylation sites (tertiary alicyclic amines) is 1. The van der Waals surface area contributed by atoms with Gasteiger partial charge in [0.25, 0.3) is 0 Å². The summed E-state index contributed by atoms with van der Waals surface area (Å²) in [6, 6.07) is 13.4. The van der Waals surface area contributed by atoms with Crippen LogP contribution in [-0.4, -0.2) is 50.1 Å². The molecule has 1 unspecified atom stereocenters. The van der Waals surface area contributed by atoms with Gasteiger partial charge in [-0.25, -0.2) is 9.59 Å². The number of carbonyl (C=O) groups excluding carboxylic acids is 2. The van der Waals surface area contributed by atoms with Gasteiger partial charge < -0.3 is 23.8 Å². The Kier molecular flexibility index (Phi) is 6.21. The topological polar surface area (TPSA) is 74.3 Å². The summed E-state index contributed by atoms with van der Waals surface area (Å²) in [6.45, 7) is 4.49. The number of nitrogens with zero attached hydrogens (tertiary/aromatic N) is 1. The number of hydrogen-bond donors (Lipinski definition) is 0. The minimum absolute atomic E-state index is 0.199. The standard InChI is InChI=1S/C27H31NO6/c1-27(11-12-27)17-33-26(30)28-13-9-20(10-14-28)25-32-16-22-15-21(7-8-23(22)34-25)18-3-5-19(6-4-18)24(29)31-2/h3-8,15,20,25H,9-14,16-17H2,1-2H3. The number of carbonyl (C=O) groups is 2. The van der Waals surface area contributed by atoms with Gasteiger partial charge in [-0.05, 0) is 61.1 Å². The van der Waals surface area contributed by atoms with Crippen LogP contribution < -0.4 is 4.74 Å². The summed E-state index contributed by atoms with van der Waals surface area (Å²) < 4.78 is 22.6. The second-order valence-corrected chi connectivity index (χ2v) is 9.88. The lowest BCUT2D eigenvalue weighted by atomic mass is 9.95. The number of piperidine rings is 1. The van der Waals surface area contributed by atoms with E-state index in [4.69, 9.17) is 18.9 Å². The third kappa shape index (κ3) is 4.89. The normalized spacial score (nSPS) is 21.2. The molecule has 2 heterocycles. The van der Waals surface area contributed by atoms with E-state index in [1.807, 2.05) is 24.3 Å². The molecule has 0 aromatic heterocycles. The molecule has 5 rings (SSSR count). The van der Waals surface area contributed by atoms with Crippen LogP contribution in [0.3, 0.4) is 0 Å². The van der Waals surface area contributed by atoms with Gasteiger partial charge in [0.2, 0.25) is 6.29 Å². The molecule has 1 saturated carbocycles. The van der Waals surface area contributed by atoms with Gasteiger partial charge in [0.15, 0.2) is 0 Å². The maximum Gasteiger partial charge on any atom is 0.409 e. The van der Waals surface area contributed by atoms with Crippen molar-refractivity contribution < 1.29 is 28.5 Å². The summed E-state index contributed by atoms with van der Waals surface area (Å²) in [5, 5.41) is 0. The van der Waals surface area contributed by atoms with Gasteiger partial charge in [-0.1, -0.05) is 25.1 Å². The first kappa shape index (κ1) is 22.7. The predicted molar refractivity (Wildman–Crippen MR) is 125 cm³/mol. The Labute approximate surface area is 199 Å². The number of methoxy groups -OCH3 is 1. The van der Waals surface area contributed by atoms with Gasteiger partial charge in [0.05, 0.1) is 25.9 Å². The number of ether oxygens (including phenoxy) is 4. The Morgan fingerprint density at radius 3 is 2.44 bits per heavy atom. The molecule has 1 saturated heterocycles. The molecule has 7 nitrogen and oxygen atoms in total. The van der Waals surface area contributed by atoms with Crippen LogP contribution in [0.1, 0.15) is 48.5 Å². The van der Waals surface area contributed by atoms with Crippen molar-refractivity contribution in [1.82, 2.24) is 4.90 Å². The second-order valence-electron chi connectivity index (χ2n) is 9.88. The zero-order chi connectivity index (χ0) is 23.7. The minimum atomic E-state index is -0.347. The SMILES string of the molecule is COC(=O)c1ccc(-c2ccc3c(c2)COC(C2CCN(C(=O)OCC4(C)CC4)CC2)O3)cc1. The Balaban J connectivity index is 1.16. The fourth-order valence-corrected chi connectivity index (χ4v) is 4.51. The Morgan fingerprint density at radius 1 is 1.06 bits per heavy atom. The van der Waals surface area contributed by atoms with Crippen LogP contribution in [-0.2, 0) is 20.8 Å². The van der Waals surface area contributed by atoms with Crippen molar-refractivity contribution >= 4 is 12.1 Å². The van der Waals surface area contributed by atoms with Gasteiger partial charge in [0, 0.05) is 30.0 Å². The second kappa shape index (κ2) is 9.29. The number of benzene rings is 2. The van der Waals surface area contributed by atoms with E-state index in [0.29, 0.717) is 31.9 Å². The summed E-state index contributed by atoms with van der Waals surface area (Å²) in [6.07, 6.45) is 3.44. The largest absolute Gasteiger partial charge is 0.465 e. The Hall–Kier alpha value is -3.06. The van der Waals surface area contributed by atoms with E-state index in [2.05, 4.69) is 13.0 Å².